The molecule has 1 aromatic heterocycles. The third-order valence-corrected chi connectivity index (χ3v) is 8.48. The van der Waals surface area contributed by atoms with Crippen LogP contribution in [0.2, 0.25) is 0 Å². The lowest BCUT2D eigenvalue weighted by atomic mass is 10.0. The predicted molar refractivity (Wildman–Crippen MR) is 144 cm³/mol. The number of fused-ring (bicyclic) bond motifs is 1. The number of hydrogen-bond acceptors (Lipinski definition) is 6. The summed E-state index contributed by atoms with van der Waals surface area (Å²) in [5, 5.41) is 17.8. The first-order valence-corrected chi connectivity index (χ1v) is 14.5. The summed E-state index contributed by atoms with van der Waals surface area (Å²) in [6.45, 7) is 1.94. The topological polar surface area (TPSA) is 108 Å². The Morgan fingerprint density at radius 2 is 1.91 bits per heavy atom. The van der Waals surface area contributed by atoms with E-state index in [0.29, 0.717) is 41.9 Å². The maximum Gasteiger partial charge on any atom is 0.270 e. The molecule has 1 saturated carbocycles. The summed E-state index contributed by atoms with van der Waals surface area (Å²) in [6.07, 6.45) is 2.84. The Hall–Kier alpha value is -2.22. The molecular formula is C24H28IN5O4S. The average Bonchev–Trinajstić information content (AvgIpc) is 3.57. The molecule has 2 heterocycles. The molecule has 2 aliphatic rings. The number of likely N-dealkylation sites (tertiary alicyclic amines) is 1. The molecule has 0 unspecified atom stereocenters. The van der Waals surface area contributed by atoms with Crippen LogP contribution in [0.1, 0.15) is 34.8 Å². The number of benzene rings is 2. The second-order valence-corrected chi connectivity index (χ2v) is 12.4. The molecule has 2 aromatic carbocycles. The number of nitrogens with one attached hydrogen (secondary N) is 1. The van der Waals surface area contributed by atoms with E-state index >= 15 is 0 Å². The highest BCUT2D eigenvalue weighted by Crippen LogP contribution is 2.46. The second kappa shape index (κ2) is 9.34. The standard InChI is InChI=1S/C24H28IN5O4S/c1-26-24(32)23-20-11-19(15-3-4-15)22(29(35(2,33)34)10-9-28-13-18(31)14-28)12-21(20)27-30(23)17-7-5-16(25)6-8-17/h5-8,11-12,15,18,31H,3-4,9-10,13-14H2,1-2H3,(H,26,32). The van der Waals surface area contributed by atoms with Crippen LogP contribution in [0.4, 0.5) is 5.69 Å². The summed E-state index contributed by atoms with van der Waals surface area (Å²) in [5.74, 6) is 0.000491. The molecule has 35 heavy (non-hydrogen) atoms. The Labute approximate surface area is 218 Å². The van der Waals surface area contributed by atoms with Gasteiger partial charge in [0.2, 0.25) is 10.0 Å². The molecule has 1 aliphatic heterocycles. The Balaban J connectivity index is 1.64. The first-order valence-electron chi connectivity index (χ1n) is 11.6. The molecule has 5 rings (SSSR count). The molecular weight excluding hydrogens is 581 g/mol. The minimum atomic E-state index is -3.56. The van der Waals surface area contributed by atoms with Gasteiger partial charge >= 0.3 is 0 Å². The number of hydrogen-bond donors (Lipinski definition) is 2. The lowest BCUT2D eigenvalue weighted by Crippen LogP contribution is -2.53. The van der Waals surface area contributed by atoms with Crippen LogP contribution in [-0.4, -0.2) is 79.7 Å². The maximum absolute atomic E-state index is 13.0. The van der Waals surface area contributed by atoms with E-state index < -0.39 is 10.0 Å². The minimum Gasteiger partial charge on any atom is -0.390 e. The van der Waals surface area contributed by atoms with Crippen LogP contribution in [0.25, 0.3) is 16.6 Å². The van der Waals surface area contributed by atoms with E-state index in [0.717, 1.165) is 27.7 Å². The van der Waals surface area contributed by atoms with Gasteiger partial charge in [-0.1, -0.05) is 0 Å². The molecule has 0 atom stereocenters. The number of carbonyl (C=O) groups is 1. The molecule has 0 radical (unpaired) electrons. The number of aliphatic hydroxyl groups excluding tert-OH is 1. The van der Waals surface area contributed by atoms with Crippen LogP contribution in [0.5, 0.6) is 0 Å². The highest BCUT2D eigenvalue weighted by molar-refractivity contribution is 14.1. The van der Waals surface area contributed by atoms with Gasteiger partial charge in [0.1, 0.15) is 5.69 Å². The van der Waals surface area contributed by atoms with Crippen molar-refractivity contribution >= 4 is 55.1 Å². The van der Waals surface area contributed by atoms with Crippen LogP contribution < -0.4 is 9.62 Å². The van der Waals surface area contributed by atoms with Crippen LogP contribution in [-0.2, 0) is 10.0 Å². The molecule has 2 N–H and O–H groups in total. The van der Waals surface area contributed by atoms with Gasteiger partial charge in [0.25, 0.3) is 5.91 Å². The van der Waals surface area contributed by atoms with Gasteiger partial charge in [-0.2, -0.15) is 5.10 Å². The Kier molecular flexibility index (Phi) is 6.53. The van der Waals surface area contributed by atoms with Gasteiger partial charge in [0.05, 0.1) is 29.3 Å². The fourth-order valence-corrected chi connectivity index (χ4v) is 5.89. The third kappa shape index (κ3) is 4.91. The minimum absolute atomic E-state index is 0.253. The monoisotopic (exact) mass is 609 g/mol. The number of rotatable bonds is 8. The number of amides is 1. The molecule has 1 amide bonds. The highest BCUT2D eigenvalue weighted by atomic mass is 127. The zero-order valence-corrected chi connectivity index (χ0v) is 22.6. The smallest absolute Gasteiger partial charge is 0.270 e. The van der Waals surface area contributed by atoms with Crippen molar-refractivity contribution in [3.63, 3.8) is 0 Å². The quantitative estimate of drug-likeness (QED) is 0.380. The first kappa shape index (κ1) is 24.5. The zero-order valence-electron chi connectivity index (χ0n) is 19.6. The van der Waals surface area contributed by atoms with Gasteiger partial charge in [-0.15, -0.1) is 0 Å². The van der Waals surface area contributed by atoms with Gasteiger partial charge in [0, 0.05) is 42.2 Å². The SMILES string of the molecule is CNC(=O)c1c2cc(C3CC3)c(N(CCN3CC(O)C3)S(C)(=O)=O)cc2nn1-c1ccc(I)cc1. The van der Waals surface area contributed by atoms with E-state index in [1.165, 1.54) is 10.6 Å². The number of sulfonamides is 1. The van der Waals surface area contributed by atoms with Crippen molar-refractivity contribution in [2.24, 2.45) is 0 Å². The molecule has 0 spiro atoms. The van der Waals surface area contributed by atoms with Crippen LogP contribution >= 0.6 is 22.6 Å². The molecule has 186 valence electrons. The number of anilines is 1. The van der Waals surface area contributed by atoms with E-state index in [1.54, 1.807) is 11.7 Å². The largest absolute Gasteiger partial charge is 0.390 e. The summed E-state index contributed by atoms with van der Waals surface area (Å²) in [4.78, 5) is 15.0. The second-order valence-electron chi connectivity index (χ2n) is 9.27. The number of carbonyl (C=O) groups excluding carboxylic acids is 1. The lowest BCUT2D eigenvalue weighted by molar-refractivity contribution is 0.00456. The number of nitrogens with zero attached hydrogens (tertiary/aromatic N) is 4. The molecule has 3 aromatic rings. The summed E-state index contributed by atoms with van der Waals surface area (Å²) in [7, 11) is -1.97. The number of aliphatic hydroxyl groups is 1. The van der Waals surface area contributed by atoms with Crippen molar-refractivity contribution in [2.75, 3.05) is 43.8 Å². The van der Waals surface area contributed by atoms with Gasteiger partial charge in [-0.3, -0.25) is 14.0 Å². The van der Waals surface area contributed by atoms with Crippen molar-refractivity contribution < 1.29 is 18.3 Å². The predicted octanol–water partition coefficient (Wildman–Crippen LogP) is 2.31. The molecule has 9 nitrogen and oxygen atoms in total. The van der Waals surface area contributed by atoms with Crippen molar-refractivity contribution in [2.45, 2.75) is 24.9 Å². The Morgan fingerprint density at radius 3 is 2.49 bits per heavy atom. The van der Waals surface area contributed by atoms with Gasteiger partial charge in [-0.05, 0) is 83.3 Å². The van der Waals surface area contributed by atoms with Crippen molar-refractivity contribution in [3.8, 4) is 5.69 Å². The van der Waals surface area contributed by atoms with E-state index in [2.05, 4.69) is 27.9 Å². The average molecular weight is 609 g/mol. The van der Waals surface area contributed by atoms with E-state index in [9.17, 15) is 18.3 Å². The van der Waals surface area contributed by atoms with Crippen LogP contribution in [0.3, 0.4) is 0 Å². The Morgan fingerprint density at radius 1 is 1.23 bits per heavy atom. The molecule has 11 heteroatoms. The summed E-state index contributed by atoms with van der Waals surface area (Å²) >= 11 is 2.23. The summed E-state index contributed by atoms with van der Waals surface area (Å²) in [5.41, 5.74) is 3.30. The summed E-state index contributed by atoms with van der Waals surface area (Å²) in [6, 6.07) is 11.5. The van der Waals surface area contributed by atoms with E-state index in [4.69, 9.17) is 5.10 Å². The molecule has 1 saturated heterocycles. The summed E-state index contributed by atoms with van der Waals surface area (Å²) < 4.78 is 29.9. The molecule has 2 fully saturated rings. The molecule has 1 aliphatic carbocycles. The highest BCUT2D eigenvalue weighted by Gasteiger charge is 2.33. The van der Waals surface area contributed by atoms with Crippen molar-refractivity contribution in [1.82, 2.24) is 20.0 Å². The van der Waals surface area contributed by atoms with Crippen molar-refractivity contribution in [3.05, 3.63) is 51.2 Å². The third-order valence-electron chi connectivity index (χ3n) is 6.58. The van der Waals surface area contributed by atoms with Crippen molar-refractivity contribution in [1.29, 1.82) is 0 Å². The number of halogens is 1. The van der Waals surface area contributed by atoms with Gasteiger partial charge in [-0.25, -0.2) is 13.1 Å². The van der Waals surface area contributed by atoms with Gasteiger partial charge in [0.15, 0.2) is 0 Å². The maximum atomic E-state index is 13.0. The normalized spacial score (nSPS) is 16.9. The van der Waals surface area contributed by atoms with Crippen LogP contribution in [0.15, 0.2) is 36.4 Å². The van der Waals surface area contributed by atoms with Gasteiger partial charge < -0.3 is 10.4 Å². The zero-order chi connectivity index (χ0) is 24.9. The van der Waals surface area contributed by atoms with E-state index in [1.807, 2.05) is 41.3 Å². The Bertz CT molecular complexity index is 1380. The molecule has 0 bridgehead atoms. The number of aromatic nitrogens is 2. The fourth-order valence-electron chi connectivity index (χ4n) is 4.60. The number of β-amino-alcohol motifs (C(OH)–C–C–N with tert-alkyl or cyclic N) is 1. The van der Waals surface area contributed by atoms with E-state index in [-0.39, 0.29) is 24.5 Å². The fraction of sp³-hybridized carbons (Fsp3) is 0.417. The first-order chi connectivity index (χ1) is 16.7. The lowest BCUT2D eigenvalue weighted by Gasteiger charge is -2.37. The van der Waals surface area contributed by atoms with Crippen LogP contribution in [0, 0.1) is 3.57 Å².